The van der Waals surface area contributed by atoms with Gasteiger partial charge in [0.25, 0.3) is 0 Å². The Kier molecular flexibility index (Phi) is 4.06. The number of piperidine rings is 1. The third-order valence-electron chi connectivity index (χ3n) is 3.93. The van der Waals surface area contributed by atoms with Gasteiger partial charge < -0.3 is 4.90 Å². The van der Waals surface area contributed by atoms with E-state index in [0.29, 0.717) is 5.69 Å². The number of nitrogens with zero attached hydrogens (tertiary/aromatic N) is 4. The molecule has 0 spiro atoms. The summed E-state index contributed by atoms with van der Waals surface area (Å²) in [5.74, 6) is -0.0189. The first-order valence-corrected chi connectivity index (χ1v) is 6.92. The van der Waals surface area contributed by atoms with E-state index in [4.69, 9.17) is 0 Å². The molecule has 20 heavy (non-hydrogen) atoms. The van der Waals surface area contributed by atoms with Crippen molar-refractivity contribution in [1.29, 1.82) is 0 Å². The van der Waals surface area contributed by atoms with Gasteiger partial charge in [-0.25, -0.2) is 0 Å². The predicted octanol–water partition coefficient (Wildman–Crippen LogP) is 2.06. The Morgan fingerprint density at radius 3 is 2.80 bits per heavy atom. The van der Waals surface area contributed by atoms with Crippen molar-refractivity contribution in [2.24, 2.45) is 0 Å². The standard InChI is InChI=1S/C13H20N4O3/c1-9-6-4-5-7-15(9)13(18)11(3)16-8-12(17(19)20)10(2)14-16/h8-9,11H,4-7H2,1-3H3/t9-,11+/m1/s1. The number of likely N-dealkylation sites (tertiary alicyclic amines) is 1. The van der Waals surface area contributed by atoms with E-state index in [1.807, 2.05) is 11.8 Å². The van der Waals surface area contributed by atoms with Gasteiger partial charge in [-0.1, -0.05) is 0 Å². The van der Waals surface area contributed by atoms with Gasteiger partial charge in [0.2, 0.25) is 5.91 Å². The molecule has 1 saturated heterocycles. The largest absolute Gasteiger partial charge is 0.338 e. The van der Waals surface area contributed by atoms with Crippen molar-refractivity contribution in [1.82, 2.24) is 14.7 Å². The van der Waals surface area contributed by atoms with E-state index in [1.165, 1.54) is 10.9 Å². The lowest BCUT2D eigenvalue weighted by Crippen LogP contribution is -2.45. The first-order chi connectivity index (χ1) is 9.41. The topological polar surface area (TPSA) is 81.3 Å². The van der Waals surface area contributed by atoms with Crippen molar-refractivity contribution < 1.29 is 9.72 Å². The maximum atomic E-state index is 12.5. The van der Waals surface area contributed by atoms with Crippen molar-refractivity contribution in [3.05, 3.63) is 22.0 Å². The van der Waals surface area contributed by atoms with Crippen LogP contribution in [-0.2, 0) is 4.79 Å². The number of amides is 1. The lowest BCUT2D eigenvalue weighted by atomic mass is 10.0. The molecule has 1 fully saturated rings. The fourth-order valence-corrected chi connectivity index (χ4v) is 2.63. The summed E-state index contributed by atoms with van der Waals surface area (Å²) in [6.45, 7) is 6.11. The van der Waals surface area contributed by atoms with Crippen LogP contribution in [0.25, 0.3) is 0 Å². The molecule has 0 aromatic carbocycles. The highest BCUT2D eigenvalue weighted by molar-refractivity contribution is 5.80. The fraction of sp³-hybridized carbons (Fsp3) is 0.692. The summed E-state index contributed by atoms with van der Waals surface area (Å²) < 4.78 is 1.40. The molecule has 0 N–H and O–H groups in total. The Hall–Kier alpha value is -1.92. The molecule has 0 unspecified atom stereocenters. The zero-order valence-electron chi connectivity index (χ0n) is 12.1. The van der Waals surface area contributed by atoms with E-state index < -0.39 is 11.0 Å². The molecule has 1 aliphatic rings. The van der Waals surface area contributed by atoms with E-state index >= 15 is 0 Å². The first-order valence-electron chi connectivity index (χ1n) is 6.92. The van der Waals surface area contributed by atoms with E-state index in [2.05, 4.69) is 5.10 Å². The molecule has 110 valence electrons. The van der Waals surface area contributed by atoms with Gasteiger partial charge >= 0.3 is 5.69 Å². The number of carbonyl (C=O) groups excluding carboxylic acids is 1. The smallest absolute Gasteiger partial charge is 0.309 e. The maximum Gasteiger partial charge on any atom is 0.309 e. The Morgan fingerprint density at radius 1 is 1.55 bits per heavy atom. The number of rotatable bonds is 3. The zero-order chi connectivity index (χ0) is 14.9. The van der Waals surface area contributed by atoms with Crippen LogP contribution in [0.3, 0.4) is 0 Å². The minimum Gasteiger partial charge on any atom is -0.338 e. The van der Waals surface area contributed by atoms with Crippen molar-refractivity contribution in [3.63, 3.8) is 0 Å². The molecule has 1 aromatic rings. The molecular weight excluding hydrogens is 260 g/mol. The molecule has 0 bridgehead atoms. The van der Waals surface area contributed by atoms with Gasteiger partial charge in [-0.15, -0.1) is 0 Å². The molecule has 2 heterocycles. The summed E-state index contributed by atoms with van der Waals surface area (Å²) >= 11 is 0. The van der Waals surface area contributed by atoms with Crippen LogP contribution in [0.2, 0.25) is 0 Å². The highest BCUT2D eigenvalue weighted by Gasteiger charge is 2.29. The zero-order valence-corrected chi connectivity index (χ0v) is 12.1. The van der Waals surface area contributed by atoms with Crippen LogP contribution in [0.5, 0.6) is 0 Å². The molecule has 0 saturated carbocycles. The highest BCUT2D eigenvalue weighted by Crippen LogP contribution is 2.23. The van der Waals surface area contributed by atoms with Crippen LogP contribution in [-0.4, -0.2) is 38.1 Å². The molecule has 2 rings (SSSR count). The molecule has 1 amide bonds. The summed E-state index contributed by atoms with van der Waals surface area (Å²) in [4.78, 5) is 24.7. The van der Waals surface area contributed by atoms with Gasteiger partial charge in [-0.3, -0.25) is 19.6 Å². The number of nitro groups is 1. The molecule has 0 radical (unpaired) electrons. The predicted molar refractivity (Wildman–Crippen MR) is 73.4 cm³/mol. The van der Waals surface area contributed by atoms with Gasteiger partial charge in [0, 0.05) is 12.6 Å². The number of aromatic nitrogens is 2. The van der Waals surface area contributed by atoms with Gasteiger partial charge in [0.1, 0.15) is 17.9 Å². The molecular formula is C13H20N4O3. The van der Waals surface area contributed by atoms with Gasteiger partial charge in [-0.2, -0.15) is 5.10 Å². The maximum absolute atomic E-state index is 12.5. The third-order valence-corrected chi connectivity index (χ3v) is 3.93. The Bertz CT molecular complexity index is 526. The Labute approximate surface area is 117 Å². The molecule has 7 heteroatoms. The molecule has 2 atom stereocenters. The molecule has 1 aromatic heterocycles. The van der Waals surface area contributed by atoms with Gasteiger partial charge in [-0.05, 0) is 40.0 Å². The summed E-state index contributed by atoms with van der Waals surface area (Å²) in [7, 11) is 0. The van der Waals surface area contributed by atoms with Crippen LogP contribution in [0.4, 0.5) is 5.69 Å². The van der Waals surface area contributed by atoms with E-state index in [1.54, 1.807) is 13.8 Å². The van der Waals surface area contributed by atoms with Crippen molar-refractivity contribution in [2.75, 3.05) is 6.54 Å². The third kappa shape index (κ3) is 2.66. The summed E-state index contributed by atoms with van der Waals surface area (Å²) in [5.41, 5.74) is 0.290. The van der Waals surface area contributed by atoms with E-state index in [-0.39, 0.29) is 17.6 Å². The normalized spacial score (nSPS) is 20.8. The first kappa shape index (κ1) is 14.5. The van der Waals surface area contributed by atoms with Crippen molar-refractivity contribution in [3.8, 4) is 0 Å². The molecule has 7 nitrogen and oxygen atoms in total. The minimum atomic E-state index is -0.511. The lowest BCUT2D eigenvalue weighted by Gasteiger charge is -2.35. The fourth-order valence-electron chi connectivity index (χ4n) is 2.63. The van der Waals surface area contributed by atoms with Crippen LogP contribution >= 0.6 is 0 Å². The molecule has 0 aliphatic carbocycles. The van der Waals surface area contributed by atoms with Gasteiger partial charge in [0.15, 0.2) is 0 Å². The molecule has 1 aliphatic heterocycles. The van der Waals surface area contributed by atoms with Crippen LogP contribution in [0.15, 0.2) is 6.20 Å². The van der Waals surface area contributed by atoms with Crippen molar-refractivity contribution in [2.45, 2.75) is 52.1 Å². The SMILES string of the molecule is Cc1nn([C@@H](C)C(=O)N2CCCC[C@H]2C)cc1[N+](=O)[O-]. The van der Waals surface area contributed by atoms with E-state index in [9.17, 15) is 14.9 Å². The number of aryl methyl sites for hydroxylation is 1. The quantitative estimate of drug-likeness (QED) is 0.627. The summed E-state index contributed by atoms with van der Waals surface area (Å²) in [6, 6.07) is -0.284. The summed E-state index contributed by atoms with van der Waals surface area (Å²) in [6.07, 6.45) is 4.51. The number of carbonyl (C=O) groups is 1. The van der Waals surface area contributed by atoms with Crippen LogP contribution in [0, 0.1) is 17.0 Å². The van der Waals surface area contributed by atoms with Crippen molar-refractivity contribution >= 4 is 11.6 Å². The second kappa shape index (κ2) is 5.60. The van der Waals surface area contributed by atoms with Crippen LogP contribution < -0.4 is 0 Å². The summed E-state index contributed by atoms with van der Waals surface area (Å²) in [5, 5.41) is 14.9. The Morgan fingerprint density at radius 2 is 2.25 bits per heavy atom. The second-order valence-corrected chi connectivity index (χ2v) is 5.39. The van der Waals surface area contributed by atoms with Gasteiger partial charge in [0.05, 0.1) is 4.92 Å². The number of hydrogen-bond donors (Lipinski definition) is 0. The average Bonchev–Trinajstić information content (AvgIpc) is 2.80. The van der Waals surface area contributed by atoms with Crippen LogP contribution in [0.1, 0.15) is 44.8 Å². The second-order valence-electron chi connectivity index (χ2n) is 5.39. The monoisotopic (exact) mass is 280 g/mol. The van der Waals surface area contributed by atoms with E-state index in [0.717, 1.165) is 25.8 Å². The lowest BCUT2D eigenvalue weighted by molar-refractivity contribution is -0.385. The Balaban J connectivity index is 2.18. The average molecular weight is 280 g/mol. The minimum absolute atomic E-state index is 0.0189. The highest BCUT2D eigenvalue weighted by atomic mass is 16.6. The number of hydrogen-bond acceptors (Lipinski definition) is 4.